The van der Waals surface area contributed by atoms with Crippen molar-refractivity contribution in [1.82, 2.24) is 0 Å². The third kappa shape index (κ3) is 2.40. The molecule has 0 spiro atoms. The van der Waals surface area contributed by atoms with Gasteiger partial charge in [-0.3, -0.25) is 9.59 Å². The van der Waals surface area contributed by atoms with Gasteiger partial charge in [0.1, 0.15) is 5.41 Å². The Hall–Kier alpha value is -1.39. The normalized spacial score (nSPS) is 18.4. The molecule has 0 aromatic heterocycles. The zero-order chi connectivity index (χ0) is 12.3. The number of methoxy groups -OCH3 is 2. The molecule has 1 saturated carbocycles. The van der Waals surface area contributed by atoms with Crippen molar-refractivity contribution < 1.29 is 23.9 Å². The number of hydrogen-bond acceptors (Lipinski definition) is 5. The second-order valence-electron chi connectivity index (χ2n) is 4.29. The molecule has 0 amide bonds. The molecule has 1 unspecified atom stereocenters. The number of ketones is 1. The van der Waals surface area contributed by atoms with Gasteiger partial charge in [0.2, 0.25) is 0 Å². The van der Waals surface area contributed by atoms with Gasteiger partial charge in [-0.05, 0) is 19.3 Å². The molecule has 0 aromatic carbocycles. The van der Waals surface area contributed by atoms with E-state index >= 15 is 0 Å². The minimum Gasteiger partial charge on any atom is -0.468 e. The Morgan fingerprint density at radius 2 is 1.75 bits per heavy atom. The van der Waals surface area contributed by atoms with Crippen LogP contribution in [0.3, 0.4) is 0 Å². The van der Waals surface area contributed by atoms with Crippen molar-refractivity contribution in [3.8, 4) is 0 Å². The summed E-state index contributed by atoms with van der Waals surface area (Å²) in [4.78, 5) is 34.6. The maximum Gasteiger partial charge on any atom is 0.375 e. The van der Waals surface area contributed by atoms with E-state index in [0.717, 1.165) is 20.0 Å². The number of esters is 2. The van der Waals surface area contributed by atoms with Crippen molar-refractivity contribution in [3.05, 3.63) is 0 Å². The van der Waals surface area contributed by atoms with Crippen LogP contribution in [-0.2, 0) is 23.9 Å². The van der Waals surface area contributed by atoms with Crippen LogP contribution in [0.25, 0.3) is 0 Å². The minimum atomic E-state index is -1.40. The SMILES string of the molecule is COC(=O)C(=O)C(C)(CC1CC1)C(=O)OC. The van der Waals surface area contributed by atoms with Crippen molar-refractivity contribution >= 4 is 17.7 Å². The summed E-state index contributed by atoms with van der Waals surface area (Å²) in [6, 6.07) is 0. The van der Waals surface area contributed by atoms with E-state index in [1.807, 2.05) is 0 Å². The van der Waals surface area contributed by atoms with Crippen molar-refractivity contribution in [2.75, 3.05) is 14.2 Å². The van der Waals surface area contributed by atoms with Crippen LogP contribution in [0.1, 0.15) is 26.2 Å². The highest BCUT2D eigenvalue weighted by Crippen LogP contribution is 2.41. The van der Waals surface area contributed by atoms with E-state index in [1.165, 1.54) is 14.0 Å². The second-order valence-corrected chi connectivity index (χ2v) is 4.29. The molecule has 5 nitrogen and oxygen atoms in total. The van der Waals surface area contributed by atoms with Gasteiger partial charge < -0.3 is 9.47 Å². The first-order valence-electron chi connectivity index (χ1n) is 5.17. The zero-order valence-corrected chi connectivity index (χ0v) is 9.74. The first-order valence-corrected chi connectivity index (χ1v) is 5.17. The van der Waals surface area contributed by atoms with Gasteiger partial charge in [-0.1, -0.05) is 12.8 Å². The van der Waals surface area contributed by atoms with Crippen LogP contribution in [-0.4, -0.2) is 31.9 Å². The molecule has 1 fully saturated rings. The average molecular weight is 228 g/mol. The van der Waals surface area contributed by atoms with Gasteiger partial charge in [0, 0.05) is 0 Å². The number of ether oxygens (including phenoxy) is 2. The Balaban J connectivity index is 2.87. The van der Waals surface area contributed by atoms with Gasteiger partial charge in [-0.25, -0.2) is 4.79 Å². The number of carbonyl (C=O) groups is 3. The van der Waals surface area contributed by atoms with E-state index in [0.29, 0.717) is 12.3 Å². The van der Waals surface area contributed by atoms with Crippen LogP contribution >= 0.6 is 0 Å². The molecule has 16 heavy (non-hydrogen) atoms. The monoisotopic (exact) mass is 228 g/mol. The molecule has 1 rings (SSSR count). The predicted octanol–water partition coefficient (Wildman–Crippen LogP) is 0.708. The zero-order valence-electron chi connectivity index (χ0n) is 9.74. The van der Waals surface area contributed by atoms with Crippen molar-refractivity contribution in [1.29, 1.82) is 0 Å². The van der Waals surface area contributed by atoms with E-state index < -0.39 is 23.1 Å². The minimum absolute atomic E-state index is 0.331. The highest BCUT2D eigenvalue weighted by atomic mass is 16.5. The Morgan fingerprint density at radius 3 is 2.12 bits per heavy atom. The Morgan fingerprint density at radius 1 is 1.19 bits per heavy atom. The Kier molecular flexibility index (Phi) is 3.67. The van der Waals surface area contributed by atoms with Crippen molar-refractivity contribution in [2.24, 2.45) is 11.3 Å². The van der Waals surface area contributed by atoms with Gasteiger partial charge in [0.05, 0.1) is 14.2 Å². The fraction of sp³-hybridized carbons (Fsp3) is 0.727. The summed E-state index contributed by atoms with van der Waals surface area (Å²) >= 11 is 0. The fourth-order valence-corrected chi connectivity index (χ4v) is 1.71. The maximum atomic E-state index is 11.8. The molecule has 0 aromatic rings. The highest BCUT2D eigenvalue weighted by Gasteiger charge is 2.49. The molecule has 0 bridgehead atoms. The first-order chi connectivity index (χ1) is 7.45. The van der Waals surface area contributed by atoms with E-state index in [1.54, 1.807) is 0 Å². The lowest BCUT2D eigenvalue weighted by atomic mass is 9.80. The summed E-state index contributed by atoms with van der Waals surface area (Å²) < 4.78 is 8.95. The molecular formula is C11H16O5. The molecule has 0 N–H and O–H groups in total. The van der Waals surface area contributed by atoms with E-state index in [4.69, 9.17) is 0 Å². The smallest absolute Gasteiger partial charge is 0.375 e. The van der Waals surface area contributed by atoms with Crippen LogP contribution in [0.5, 0.6) is 0 Å². The molecule has 0 saturated heterocycles. The van der Waals surface area contributed by atoms with Crippen LogP contribution in [0, 0.1) is 11.3 Å². The lowest BCUT2D eigenvalue weighted by molar-refractivity contribution is -0.166. The summed E-state index contributed by atoms with van der Waals surface area (Å²) in [6.45, 7) is 1.44. The molecular weight excluding hydrogens is 212 g/mol. The van der Waals surface area contributed by atoms with Crippen molar-refractivity contribution in [3.63, 3.8) is 0 Å². The Labute approximate surface area is 94.1 Å². The topological polar surface area (TPSA) is 69.7 Å². The molecule has 1 aliphatic rings. The summed E-state index contributed by atoms with van der Waals surface area (Å²) in [6.07, 6.45) is 2.33. The fourth-order valence-electron chi connectivity index (χ4n) is 1.71. The molecule has 0 heterocycles. The van der Waals surface area contributed by atoms with Crippen molar-refractivity contribution in [2.45, 2.75) is 26.2 Å². The summed E-state index contributed by atoms with van der Waals surface area (Å²) in [5.41, 5.74) is -1.40. The van der Waals surface area contributed by atoms with Gasteiger partial charge in [-0.2, -0.15) is 0 Å². The standard InChI is InChI=1S/C11H16O5/c1-11(10(14)16-3,6-7-4-5-7)8(12)9(13)15-2/h7H,4-6H2,1-3H3. The molecule has 0 radical (unpaired) electrons. The van der Waals surface area contributed by atoms with Crippen LogP contribution < -0.4 is 0 Å². The largest absolute Gasteiger partial charge is 0.468 e. The molecule has 90 valence electrons. The number of Topliss-reactive ketones (excluding diaryl/α,β-unsaturated/α-hetero) is 1. The van der Waals surface area contributed by atoms with Gasteiger partial charge in [0.15, 0.2) is 0 Å². The lowest BCUT2D eigenvalue weighted by Gasteiger charge is -2.23. The lowest BCUT2D eigenvalue weighted by Crippen LogP contribution is -2.42. The highest BCUT2D eigenvalue weighted by molar-refractivity contribution is 6.39. The third-order valence-electron chi connectivity index (χ3n) is 2.90. The first kappa shape index (κ1) is 12.7. The molecule has 5 heteroatoms. The van der Waals surface area contributed by atoms with Crippen LogP contribution in [0.15, 0.2) is 0 Å². The number of rotatable bonds is 5. The van der Waals surface area contributed by atoms with Gasteiger partial charge >= 0.3 is 11.9 Å². The molecule has 1 aliphatic carbocycles. The summed E-state index contributed by atoms with van der Waals surface area (Å²) in [5.74, 6) is -2.16. The quantitative estimate of drug-likeness (QED) is 0.393. The maximum absolute atomic E-state index is 11.8. The average Bonchev–Trinajstić information content (AvgIpc) is 3.09. The van der Waals surface area contributed by atoms with Gasteiger partial charge in [0.25, 0.3) is 5.78 Å². The Bertz CT molecular complexity index is 318. The second kappa shape index (κ2) is 4.63. The van der Waals surface area contributed by atoms with Gasteiger partial charge in [-0.15, -0.1) is 0 Å². The van der Waals surface area contributed by atoms with Crippen LogP contribution in [0.2, 0.25) is 0 Å². The summed E-state index contributed by atoms with van der Waals surface area (Å²) in [7, 11) is 2.33. The summed E-state index contributed by atoms with van der Waals surface area (Å²) in [5, 5.41) is 0. The third-order valence-corrected chi connectivity index (χ3v) is 2.90. The van der Waals surface area contributed by atoms with E-state index in [2.05, 4.69) is 9.47 Å². The molecule has 1 atom stereocenters. The predicted molar refractivity (Wildman–Crippen MR) is 54.5 cm³/mol. The number of hydrogen-bond donors (Lipinski definition) is 0. The van der Waals surface area contributed by atoms with E-state index in [-0.39, 0.29) is 0 Å². The van der Waals surface area contributed by atoms with Crippen LogP contribution in [0.4, 0.5) is 0 Å². The number of carbonyl (C=O) groups excluding carboxylic acids is 3. The van der Waals surface area contributed by atoms with E-state index in [9.17, 15) is 14.4 Å². The molecule has 0 aliphatic heterocycles.